The monoisotopic (exact) mass is 418 g/mol. The van der Waals surface area contributed by atoms with E-state index in [-0.39, 0.29) is 12.3 Å². The van der Waals surface area contributed by atoms with Crippen molar-refractivity contribution in [3.8, 4) is 0 Å². The molecule has 0 bridgehead atoms. The molecule has 2 aromatic carbocycles. The number of nitrogens with one attached hydrogen (secondary N) is 1. The van der Waals surface area contributed by atoms with Crippen molar-refractivity contribution in [2.75, 3.05) is 0 Å². The van der Waals surface area contributed by atoms with Crippen molar-refractivity contribution in [3.63, 3.8) is 0 Å². The van der Waals surface area contributed by atoms with E-state index in [1.165, 1.54) is 4.90 Å². The summed E-state index contributed by atoms with van der Waals surface area (Å²) in [5, 5.41) is 15.3. The Hall–Kier alpha value is -2.08. The fourth-order valence-electron chi connectivity index (χ4n) is 4.30. The molecule has 0 spiro atoms. The van der Waals surface area contributed by atoms with E-state index >= 15 is 0 Å². The first-order chi connectivity index (χ1) is 13.4. The van der Waals surface area contributed by atoms with Crippen molar-refractivity contribution >= 4 is 35.0 Å². The first-order valence-electron chi connectivity index (χ1n) is 9.22. The summed E-state index contributed by atoms with van der Waals surface area (Å²) in [7, 11) is 0. The molecule has 5 nitrogen and oxygen atoms in total. The number of hydrogen-bond donors (Lipinski definition) is 2. The first-order valence-corrected chi connectivity index (χ1v) is 9.98. The summed E-state index contributed by atoms with van der Waals surface area (Å²) in [5.74, 6) is -0.885. The van der Waals surface area contributed by atoms with Crippen molar-refractivity contribution in [1.29, 1.82) is 0 Å². The third-order valence-electron chi connectivity index (χ3n) is 5.62. The lowest BCUT2D eigenvalue weighted by atomic mass is 9.71. The highest BCUT2D eigenvalue weighted by molar-refractivity contribution is 6.35. The van der Waals surface area contributed by atoms with Gasteiger partial charge in [0.15, 0.2) is 5.72 Å². The number of halogens is 2. The van der Waals surface area contributed by atoms with E-state index in [1.807, 2.05) is 30.3 Å². The Morgan fingerprint density at radius 3 is 2.61 bits per heavy atom. The van der Waals surface area contributed by atoms with Gasteiger partial charge in [-0.3, -0.25) is 9.69 Å². The molecule has 2 N–H and O–H groups in total. The molecule has 7 heteroatoms. The summed E-state index contributed by atoms with van der Waals surface area (Å²) in [6.45, 7) is 0.216. The number of aliphatic hydroxyl groups is 1. The second-order valence-corrected chi connectivity index (χ2v) is 8.18. The third-order valence-corrected chi connectivity index (χ3v) is 6.18. The van der Waals surface area contributed by atoms with Gasteiger partial charge in [-0.05, 0) is 36.1 Å². The van der Waals surface area contributed by atoms with Crippen LogP contribution in [0.5, 0.6) is 0 Å². The molecule has 1 aliphatic carbocycles. The largest absolute Gasteiger partial charge is 0.370 e. The van der Waals surface area contributed by atoms with Crippen molar-refractivity contribution < 1.29 is 14.7 Å². The number of hydrogen-bond acceptors (Lipinski definition) is 3. The summed E-state index contributed by atoms with van der Waals surface area (Å²) in [6.07, 6.45) is 1.24. The van der Waals surface area contributed by atoms with Crippen LogP contribution < -0.4 is 5.32 Å². The van der Waals surface area contributed by atoms with Crippen LogP contribution in [0.1, 0.15) is 36.4 Å². The number of rotatable bonds is 3. The minimum absolute atomic E-state index is 0.0807. The van der Waals surface area contributed by atoms with Crippen molar-refractivity contribution in [2.45, 2.75) is 37.6 Å². The molecule has 3 atom stereocenters. The molecule has 28 heavy (non-hydrogen) atoms. The van der Waals surface area contributed by atoms with E-state index < -0.39 is 23.7 Å². The predicted molar refractivity (Wildman–Crippen MR) is 107 cm³/mol. The maximum Gasteiger partial charge on any atom is 0.320 e. The van der Waals surface area contributed by atoms with Crippen LogP contribution >= 0.6 is 23.2 Å². The maximum atomic E-state index is 13.0. The number of nitrogens with zero attached hydrogens (tertiary/aromatic N) is 1. The maximum absolute atomic E-state index is 13.0. The number of ketones is 1. The van der Waals surface area contributed by atoms with Crippen molar-refractivity contribution in [2.24, 2.45) is 5.92 Å². The Labute approximate surface area is 173 Å². The zero-order valence-electron chi connectivity index (χ0n) is 15.1. The number of amides is 2. The van der Waals surface area contributed by atoms with Crippen LogP contribution in [-0.4, -0.2) is 27.5 Å². The molecule has 2 aromatic rings. The molecule has 2 fully saturated rings. The van der Waals surface area contributed by atoms with Gasteiger partial charge in [0.05, 0.1) is 18.5 Å². The standard InChI is InChI=1S/C21H20Cl2N2O3/c22-14-8-9-15(16(23)11-14)19-18-17(26)7-4-10-21(18,28)25(20(27)24-19)12-13-5-2-1-3-6-13/h1-3,5-6,8-9,11,18-19,28H,4,7,10,12H2,(H,24,27)/t18-,19+,21+/m0/s1. The second kappa shape index (κ2) is 7.39. The average Bonchev–Trinajstić information content (AvgIpc) is 2.65. The Balaban J connectivity index is 1.75. The lowest BCUT2D eigenvalue weighted by Crippen LogP contribution is -2.69. The normalized spacial score (nSPS) is 27.3. The lowest BCUT2D eigenvalue weighted by molar-refractivity contribution is -0.180. The van der Waals surface area contributed by atoms with Crippen molar-refractivity contribution in [3.05, 3.63) is 69.7 Å². The fraction of sp³-hybridized carbons (Fsp3) is 0.333. The molecule has 2 amide bonds. The molecule has 1 heterocycles. The Morgan fingerprint density at radius 2 is 1.89 bits per heavy atom. The average molecular weight is 419 g/mol. The Kier molecular flexibility index (Phi) is 5.08. The van der Waals surface area contributed by atoms with Crippen molar-refractivity contribution in [1.82, 2.24) is 10.2 Å². The molecule has 146 valence electrons. The third kappa shape index (κ3) is 3.28. The minimum atomic E-state index is -1.57. The number of benzene rings is 2. The van der Waals surface area contributed by atoms with E-state index in [0.717, 1.165) is 5.56 Å². The van der Waals surface area contributed by atoms with Gasteiger partial charge in [-0.2, -0.15) is 0 Å². The number of urea groups is 1. The molecule has 1 saturated carbocycles. The summed E-state index contributed by atoms with van der Waals surface area (Å²) < 4.78 is 0. The van der Waals surface area contributed by atoms with Crippen LogP contribution in [0.3, 0.4) is 0 Å². The van der Waals surface area contributed by atoms with Crippen LogP contribution in [0.4, 0.5) is 4.79 Å². The zero-order valence-corrected chi connectivity index (χ0v) is 16.6. The topological polar surface area (TPSA) is 69.6 Å². The molecule has 0 aromatic heterocycles. The van der Waals surface area contributed by atoms with Gasteiger partial charge in [0, 0.05) is 16.5 Å². The Bertz CT molecular complexity index is 921. The highest BCUT2D eigenvalue weighted by Gasteiger charge is 2.57. The summed E-state index contributed by atoms with van der Waals surface area (Å²) in [6, 6.07) is 13.2. The molecular weight excluding hydrogens is 399 g/mol. The SMILES string of the molecule is O=C1CCC[C@@]2(O)[C@@H]1[C@@H](c1ccc(Cl)cc1Cl)NC(=O)N2Cc1ccccc1. The van der Waals surface area contributed by atoms with Crippen LogP contribution in [0.2, 0.25) is 10.0 Å². The zero-order chi connectivity index (χ0) is 19.9. The summed E-state index contributed by atoms with van der Waals surface area (Å²) in [4.78, 5) is 27.3. The molecule has 4 rings (SSSR count). The van der Waals surface area contributed by atoms with Crippen LogP contribution in [0.25, 0.3) is 0 Å². The van der Waals surface area contributed by atoms with Gasteiger partial charge in [-0.15, -0.1) is 0 Å². The van der Waals surface area contributed by atoms with Gasteiger partial charge < -0.3 is 10.4 Å². The highest BCUT2D eigenvalue weighted by Crippen LogP contribution is 2.46. The first kappa shape index (κ1) is 19.2. The van der Waals surface area contributed by atoms with Crippen LogP contribution in [0, 0.1) is 5.92 Å². The van der Waals surface area contributed by atoms with E-state index in [1.54, 1.807) is 18.2 Å². The Morgan fingerprint density at radius 1 is 1.14 bits per heavy atom. The molecular formula is C21H20Cl2N2O3. The molecule has 2 aliphatic rings. The number of carbonyl (C=O) groups excluding carboxylic acids is 2. The highest BCUT2D eigenvalue weighted by atomic mass is 35.5. The van der Waals surface area contributed by atoms with Gasteiger partial charge >= 0.3 is 6.03 Å². The second-order valence-electron chi connectivity index (χ2n) is 7.34. The number of fused-ring (bicyclic) bond motifs is 1. The van der Waals surface area contributed by atoms with Gasteiger partial charge in [0.25, 0.3) is 0 Å². The summed E-state index contributed by atoms with van der Waals surface area (Å²) >= 11 is 12.4. The lowest BCUT2D eigenvalue weighted by Gasteiger charge is -2.53. The van der Waals surface area contributed by atoms with E-state index in [9.17, 15) is 14.7 Å². The van der Waals surface area contributed by atoms with Gasteiger partial charge in [0.1, 0.15) is 5.78 Å². The van der Waals surface area contributed by atoms with E-state index in [4.69, 9.17) is 23.2 Å². The molecule has 0 unspecified atom stereocenters. The van der Waals surface area contributed by atoms with E-state index in [0.29, 0.717) is 34.9 Å². The molecule has 1 saturated heterocycles. The van der Waals surface area contributed by atoms with E-state index in [2.05, 4.69) is 5.32 Å². The number of Topliss-reactive ketones (excluding diaryl/α,β-unsaturated/α-hetero) is 1. The predicted octanol–water partition coefficient (Wildman–Crippen LogP) is 4.32. The van der Waals surface area contributed by atoms with Gasteiger partial charge in [-0.25, -0.2) is 4.79 Å². The minimum Gasteiger partial charge on any atom is -0.370 e. The molecule has 0 radical (unpaired) electrons. The van der Waals surface area contributed by atoms with Crippen LogP contribution in [0.15, 0.2) is 48.5 Å². The van der Waals surface area contributed by atoms with Gasteiger partial charge in [0.2, 0.25) is 0 Å². The quantitative estimate of drug-likeness (QED) is 0.779. The fourth-order valence-corrected chi connectivity index (χ4v) is 4.83. The molecule has 1 aliphatic heterocycles. The smallest absolute Gasteiger partial charge is 0.320 e. The van der Waals surface area contributed by atoms with Crippen LogP contribution in [-0.2, 0) is 11.3 Å². The van der Waals surface area contributed by atoms with Gasteiger partial charge in [-0.1, -0.05) is 59.6 Å². The number of carbonyl (C=O) groups is 2. The summed E-state index contributed by atoms with van der Waals surface area (Å²) in [5.41, 5.74) is -0.107.